The number of amides is 4. The molecule has 0 saturated heterocycles. The second-order valence-electron chi connectivity index (χ2n) is 9.55. The summed E-state index contributed by atoms with van der Waals surface area (Å²) in [5.74, 6) is -2.19. The van der Waals surface area contributed by atoms with E-state index in [0.717, 1.165) is 4.90 Å². The number of hydrogen-bond acceptors (Lipinski definition) is 6. The summed E-state index contributed by atoms with van der Waals surface area (Å²) in [5, 5.41) is 14.6. The highest BCUT2D eigenvalue weighted by molar-refractivity contribution is 5.94. The predicted octanol–water partition coefficient (Wildman–Crippen LogP) is 1.76. The maximum Gasteiger partial charge on any atom is 0.408 e. The molecule has 33 heavy (non-hydrogen) atoms. The standard InChI is InChI=1S/C23H33N5O5/c1-22(2,3)27-19(30)18(15-10-8-7-9-11-15)28(13-12-24)20(31)16(14-17(25)29)26-21(32)33-23(4,5)6/h7-11,16,18H,13-14H2,1-6H3,(H2,25,29)(H,26,32)(H,27,30). The third-order valence-electron chi connectivity index (χ3n) is 4.09. The molecular weight excluding hydrogens is 426 g/mol. The van der Waals surface area contributed by atoms with Crippen molar-refractivity contribution in [1.29, 1.82) is 5.26 Å². The Balaban J connectivity index is 3.41. The van der Waals surface area contributed by atoms with Gasteiger partial charge in [0.2, 0.25) is 17.7 Å². The second-order valence-corrected chi connectivity index (χ2v) is 9.55. The van der Waals surface area contributed by atoms with E-state index in [9.17, 15) is 24.4 Å². The Morgan fingerprint density at radius 2 is 1.67 bits per heavy atom. The van der Waals surface area contributed by atoms with Crippen LogP contribution in [0.3, 0.4) is 0 Å². The summed E-state index contributed by atoms with van der Waals surface area (Å²) in [6.07, 6.45) is -1.48. The van der Waals surface area contributed by atoms with Crippen LogP contribution in [-0.2, 0) is 19.1 Å². The van der Waals surface area contributed by atoms with Crippen LogP contribution in [-0.4, -0.2) is 52.4 Å². The molecule has 0 aromatic heterocycles. The number of nitrogens with zero attached hydrogens (tertiary/aromatic N) is 2. The summed E-state index contributed by atoms with van der Waals surface area (Å²) in [4.78, 5) is 51.6. The predicted molar refractivity (Wildman–Crippen MR) is 121 cm³/mol. The van der Waals surface area contributed by atoms with Crippen molar-refractivity contribution in [2.24, 2.45) is 5.73 Å². The molecule has 0 aliphatic rings. The monoisotopic (exact) mass is 459 g/mol. The Bertz CT molecular complexity index is 897. The largest absolute Gasteiger partial charge is 0.444 e. The molecule has 0 fully saturated rings. The molecule has 2 atom stereocenters. The van der Waals surface area contributed by atoms with Crippen molar-refractivity contribution in [2.45, 2.75) is 71.2 Å². The smallest absolute Gasteiger partial charge is 0.408 e. The summed E-state index contributed by atoms with van der Waals surface area (Å²) < 4.78 is 5.18. The number of carbonyl (C=O) groups is 4. The molecule has 2 unspecified atom stereocenters. The minimum atomic E-state index is -1.43. The first-order valence-electron chi connectivity index (χ1n) is 10.5. The first-order valence-corrected chi connectivity index (χ1v) is 10.5. The quantitative estimate of drug-likeness (QED) is 0.503. The van der Waals surface area contributed by atoms with E-state index in [1.165, 1.54) is 0 Å². The first kappa shape index (κ1) is 27.4. The lowest BCUT2D eigenvalue weighted by Gasteiger charge is -2.34. The van der Waals surface area contributed by atoms with Gasteiger partial charge in [0.05, 0.1) is 12.5 Å². The van der Waals surface area contributed by atoms with Gasteiger partial charge in [-0.2, -0.15) is 5.26 Å². The number of nitrogens with two attached hydrogens (primary N) is 1. The van der Waals surface area contributed by atoms with E-state index in [1.807, 2.05) is 6.07 Å². The zero-order valence-electron chi connectivity index (χ0n) is 20.0. The number of alkyl carbamates (subject to hydrolysis) is 1. The summed E-state index contributed by atoms with van der Waals surface area (Å²) in [5.41, 5.74) is 4.28. The van der Waals surface area contributed by atoms with Gasteiger partial charge < -0.3 is 26.0 Å². The van der Waals surface area contributed by atoms with Gasteiger partial charge in [-0.05, 0) is 47.1 Å². The van der Waals surface area contributed by atoms with Gasteiger partial charge in [0.15, 0.2) is 0 Å². The molecule has 0 radical (unpaired) electrons. The van der Waals surface area contributed by atoms with Crippen molar-refractivity contribution in [3.05, 3.63) is 35.9 Å². The minimum absolute atomic E-state index is 0.456. The summed E-state index contributed by atoms with van der Waals surface area (Å²) in [6, 6.07) is 7.70. The van der Waals surface area contributed by atoms with Gasteiger partial charge in [0.1, 0.15) is 24.2 Å². The van der Waals surface area contributed by atoms with Gasteiger partial charge in [0, 0.05) is 5.54 Å². The molecule has 4 N–H and O–H groups in total. The van der Waals surface area contributed by atoms with Crippen molar-refractivity contribution in [1.82, 2.24) is 15.5 Å². The van der Waals surface area contributed by atoms with Crippen LogP contribution in [0.4, 0.5) is 4.79 Å². The van der Waals surface area contributed by atoms with E-state index in [4.69, 9.17) is 10.5 Å². The van der Waals surface area contributed by atoms with Crippen molar-refractivity contribution in [2.75, 3.05) is 6.54 Å². The van der Waals surface area contributed by atoms with E-state index < -0.39 is 60.0 Å². The molecule has 10 heteroatoms. The number of benzene rings is 1. The van der Waals surface area contributed by atoms with Crippen LogP contribution in [0.1, 0.15) is 59.6 Å². The van der Waals surface area contributed by atoms with Gasteiger partial charge in [0.25, 0.3) is 0 Å². The third-order valence-corrected chi connectivity index (χ3v) is 4.09. The minimum Gasteiger partial charge on any atom is -0.444 e. The van der Waals surface area contributed by atoms with Crippen LogP contribution < -0.4 is 16.4 Å². The van der Waals surface area contributed by atoms with Gasteiger partial charge in [-0.3, -0.25) is 14.4 Å². The lowest BCUT2D eigenvalue weighted by atomic mass is 10.0. The Morgan fingerprint density at radius 3 is 2.12 bits per heavy atom. The number of hydrogen-bond donors (Lipinski definition) is 3. The number of nitrogens with one attached hydrogen (secondary N) is 2. The van der Waals surface area contributed by atoms with Gasteiger partial charge >= 0.3 is 6.09 Å². The average molecular weight is 460 g/mol. The van der Waals surface area contributed by atoms with E-state index in [0.29, 0.717) is 5.56 Å². The molecule has 0 heterocycles. The molecule has 1 rings (SSSR count). The number of carbonyl (C=O) groups excluding carboxylic acids is 4. The van der Waals surface area contributed by atoms with Crippen molar-refractivity contribution in [3.63, 3.8) is 0 Å². The van der Waals surface area contributed by atoms with Crippen LogP contribution in [0.2, 0.25) is 0 Å². The average Bonchev–Trinajstić information content (AvgIpc) is 2.64. The zero-order valence-corrected chi connectivity index (χ0v) is 20.0. The Hall–Kier alpha value is -3.61. The highest BCUT2D eigenvalue weighted by atomic mass is 16.6. The highest BCUT2D eigenvalue weighted by Crippen LogP contribution is 2.23. The molecule has 0 bridgehead atoms. The van der Waals surface area contributed by atoms with Crippen LogP contribution in [0.5, 0.6) is 0 Å². The maximum atomic E-state index is 13.5. The highest BCUT2D eigenvalue weighted by Gasteiger charge is 2.37. The number of primary amides is 1. The van der Waals surface area contributed by atoms with E-state index >= 15 is 0 Å². The number of rotatable bonds is 8. The number of ether oxygens (including phenoxy) is 1. The molecule has 0 aliphatic heterocycles. The van der Waals surface area contributed by atoms with Gasteiger partial charge in [-0.15, -0.1) is 0 Å². The third kappa shape index (κ3) is 9.60. The van der Waals surface area contributed by atoms with Gasteiger partial charge in [-0.1, -0.05) is 30.3 Å². The van der Waals surface area contributed by atoms with Crippen LogP contribution >= 0.6 is 0 Å². The molecular formula is C23H33N5O5. The molecule has 0 aliphatic carbocycles. The Kier molecular flexibility index (Phi) is 9.40. The van der Waals surface area contributed by atoms with Crippen molar-refractivity contribution < 1.29 is 23.9 Å². The molecule has 10 nitrogen and oxygen atoms in total. The van der Waals surface area contributed by atoms with E-state index in [2.05, 4.69) is 10.6 Å². The molecule has 0 saturated carbocycles. The zero-order chi connectivity index (χ0) is 25.4. The lowest BCUT2D eigenvalue weighted by Crippen LogP contribution is -2.55. The first-order chi connectivity index (χ1) is 15.1. The fourth-order valence-electron chi connectivity index (χ4n) is 2.97. The molecule has 1 aromatic rings. The Labute approximate surface area is 194 Å². The van der Waals surface area contributed by atoms with Crippen LogP contribution in [0, 0.1) is 11.3 Å². The fourth-order valence-corrected chi connectivity index (χ4v) is 2.97. The summed E-state index contributed by atoms with van der Waals surface area (Å²) in [6.45, 7) is 9.79. The molecule has 1 aromatic carbocycles. The van der Waals surface area contributed by atoms with Crippen LogP contribution in [0.15, 0.2) is 30.3 Å². The molecule has 4 amide bonds. The summed E-state index contributed by atoms with van der Waals surface area (Å²) >= 11 is 0. The normalized spacial score (nSPS) is 13.1. The second kappa shape index (κ2) is 11.3. The maximum absolute atomic E-state index is 13.5. The van der Waals surface area contributed by atoms with Gasteiger partial charge in [-0.25, -0.2) is 4.79 Å². The summed E-state index contributed by atoms with van der Waals surface area (Å²) in [7, 11) is 0. The SMILES string of the molecule is CC(C)(C)NC(=O)C(c1ccccc1)N(CC#N)C(=O)C(CC(N)=O)NC(=O)OC(C)(C)C. The molecule has 180 valence electrons. The Morgan fingerprint density at radius 1 is 1.09 bits per heavy atom. The lowest BCUT2D eigenvalue weighted by molar-refractivity contribution is -0.143. The fraction of sp³-hybridized carbons (Fsp3) is 0.522. The van der Waals surface area contributed by atoms with E-state index in [1.54, 1.807) is 71.9 Å². The van der Waals surface area contributed by atoms with E-state index in [-0.39, 0.29) is 0 Å². The topological polar surface area (TPSA) is 155 Å². The number of nitriles is 1. The van der Waals surface area contributed by atoms with Crippen LogP contribution in [0.25, 0.3) is 0 Å². The molecule has 0 spiro atoms. The van der Waals surface area contributed by atoms with Crippen molar-refractivity contribution >= 4 is 23.8 Å². The van der Waals surface area contributed by atoms with Crippen molar-refractivity contribution in [3.8, 4) is 6.07 Å².